The van der Waals surface area contributed by atoms with Crippen molar-refractivity contribution in [1.82, 2.24) is 0 Å². The normalized spacial score (nSPS) is 10.4. The molecule has 0 bridgehead atoms. The summed E-state index contributed by atoms with van der Waals surface area (Å²) in [7, 11) is 2.76. The molecule has 0 aliphatic heterocycles. The zero-order chi connectivity index (χ0) is 19.6. The van der Waals surface area contributed by atoms with Crippen molar-refractivity contribution in [2.45, 2.75) is 0 Å². The predicted octanol–water partition coefficient (Wildman–Crippen LogP) is 2.71. The van der Waals surface area contributed by atoms with Gasteiger partial charge in [-0.1, -0.05) is 12.1 Å². The number of anilines is 2. The van der Waals surface area contributed by atoms with Crippen LogP contribution in [-0.4, -0.2) is 38.6 Å². The SMILES string of the molecule is COCC(=O)Nc1ccc(NC(=O)/C=C/c2ccc(C(=O)OC)cc2)cc1. The second-order valence-electron chi connectivity index (χ2n) is 5.49. The number of carbonyl (C=O) groups excluding carboxylic acids is 3. The van der Waals surface area contributed by atoms with Crippen LogP contribution in [0.5, 0.6) is 0 Å². The van der Waals surface area contributed by atoms with Crippen molar-refractivity contribution in [3.63, 3.8) is 0 Å². The van der Waals surface area contributed by atoms with Gasteiger partial charge in [-0.3, -0.25) is 9.59 Å². The zero-order valence-electron chi connectivity index (χ0n) is 15.0. The molecular weight excluding hydrogens is 348 g/mol. The second kappa shape index (κ2) is 9.88. The largest absolute Gasteiger partial charge is 0.465 e. The van der Waals surface area contributed by atoms with Gasteiger partial charge in [-0.2, -0.15) is 0 Å². The van der Waals surface area contributed by atoms with Gasteiger partial charge >= 0.3 is 5.97 Å². The van der Waals surface area contributed by atoms with E-state index in [-0.39, 0.29) is 18.4 Å². The van der Waals surface area contributed by atoms with E-state index in [1.165, 1.54) is 20.3 Å². The first-order valence-corrected chi connectivity index (χ1v) is 8.08. The molecule has 0 unspecified atom stereocenters. The Hall–Kier alpha value is -3.45. The maximum Gasteiger partial charge on any atom is 0.337 e. The van der Waals surface area contributed by atoms with Gasteiger partial charge in [0.25, 0.3) is 0 Å². The third-order valence-electron chi connectivity index (χ3n) is 3.47. The van der Waals surface area contributed by atoms with Crippen LogP contribution >= 0.6 is 0 Å². The molecule has 0 atom stereocenters. The second-order valence-corrected chi connectivity index (χ2v) is 5.49. The Balaban J connectivity index is 1.90. The first-order chi connectivity index (χ1) is 13.0. The van der Waals surface area contributed by atoms with Crippen molar-refractivity contribution in [2.75, 3.05) is 31.5 Å². The molecule has 0 spiro atoms. The van der Waals surface area contributed by atoms with Crippen LogP contribution in [0, 0.1) is 0 Å². The molecule has 0 heterocycles. The Morgan fingerprint density at radius 2 is 1.48 bits per heavy atom. The van der Waals surface area contributed by atoms with Crippen molar-refractivity contribution in [2.24, 2.45) is 0 Å². The number of esters is 1. The summed E-state index contributed by atoms with van der Waals surface area (Å²) in [5.74, 6) is -0.969. The van der Waals surface area contributed by atoms with Gasteiger partial charge in [0.1, 0.15) is 6.61 Å². The Labute approximate surface area is 157 Å². The van der Waals surface area contributed by atoms with Gasteiger partial charge in [-0.25, -0.2) is 4.79 Å². The molecule has 0 saturated carbocycles. The summed E-state index contributed by atoms with van der Waals surface area (Å²) in [6.45, 7) is -0.0239. The van der Waals surface area contributed by atoms with E-state index in [0.29, 0.717) is 16.9 Å². The smallest absolute Gasteiger partial charge is 0.337 e. The van der Waals surface area contributed by atoms with E-state index >= 15 is 0 Å². The summed E-state index contributed by atoms with van der Waals surface area (Å²) >= 11 is 0. The number of hydrogen-bond acceptors (Lipinski definition) is 5. The Morgan fingerprint density at radius 3 is 2.04 bits per heavy atom. The predicted molar refractivity (Wildman–Crippen MR) is 102 cm³/mol. The lowest BCUT2D eigenvalue weighted by Crippen LogP contribution is -2.17. The first kappa shape index (κ1) is 19.9. The molecule has 0 aliphatic rings. The van der Waals surface area contributed by atoms with Gasteiger partial charge in [0.15, 0.2) is 0 Å². The highest BCUT2D eigenvalue weighted by Crippen LogP contribution is 2.14. The van der Waals surface area contributed by atoms with Crippen molar-refractivity contribution in [1.29, 1.82) is 0 Å². The number of ether oxygens (including phenoxy) is 2. The van der Waals surface area contributed by atoms with Crippen LogP contribution in [0.3, 0.4) is 0 Å². The molecule has 2 aromatic carbocycles. The summed E-state index contributed by atoms with van der Waals surface area (Å²) in [5, 5.41) is 5.38. The zero-order valence-corrected chi connectivity index (χ0v) is 15.0. The summed E-state index contributed by atoms with van der Waals surface area (Å²) in [4.78, 5) is 34.8. The van der Waals surface area contributed by atoms with Crippen LogP contribution in [0.4, 0.5) is 11.4 Å². The number of rotatable bonds is 7. The van der Waals surface area contributed by atoms with Crippen LogP contribution in [0.1, 0.15) is 15.9 Å². The van der Waals surface area contributed by atoms with Crippen molar-refractivity contribution < 1.29 is 23.9 Å². The summed E-state index contributed by atoms with van der Waals surface area (Å²) in [6, 6.07) is 13.4. The number of nitrogens with one attached hydrogen (secondary N) is 2. The number of carbonyl (C=O) groups is 3. The average molecular weight is 368 g/mol. The van der Waals surface area contributed by atoms with Gasteiger partial charge in [0.05, 0.1) is 12.7 Å². The highest BCUT2D eigenvalue weighted by Gasteiger charge is 2.04. The van der Waals surface area contributed by atoms with Crippen LogP contribution in [0.2, 0.25) is 0 Å². The maximum absolute atomic E-state index is 12.0. The third kappa shape index (κ3) is 6.41. The lowest BCUT2D eigenvalue weighted by Gasteiger charge is -2.06. The standard InChI is InChI=1S/C20H20N2O5/c1-26-13-19(24)22-17-10-8-16(9-11-17)21-18(23)12-5-14-3-6-15(7-4-14)20(25)27-2/h3-12H,13H2,1-2H3,(H,21,23)(H,22,24)/b12-5+. The summed E-state index contributed by atoms with van der Waals surface area (Å²) < 4.78 is 9.37. The van der Waals surface area contributed by atoms with Gasteiger partial charge < -0.3 is 20.1 Å². The molecular formula is C20H20N2O5. The highest BCUT2D eigenvalue weighted by atomic mass is 16.5. The summed E-state index contributed by atoms with van der Waals surface area (Å²) in [6.07, 6.45) is 3.02. The quantitative estimate of drug-likeness (QED) is 0.579. The van der Waals surface area contributed by atoms with E-state index in [1.807, 2.05) is 0 Å². The molecule has 0 aliphatic carbocycles. The minimum Gasteiger partial charge on any atom is -0.465 e. The fourth-order valence-electron chi connectivity index (χ4n) is 2.17. The van der Waals surface area contributed by atoms with E-state index in [1.54, 1.807) is 54.6 Å². The molecule has 0 radical (unpaired) electrons. The molecule has 0 fully saturated rings. The fraction of sp³-hybridized carbons (Fsp3) is 0.150. The highest BCUT2D eigenvalue weighted by molar-refractivity contribution is 6.02. The molecule has 2 rings (SSSR count). The molecule has 27 heavy (non-hydrogen) atoms. The Bertz CT molecular complexity index is 826. The van der Waals surface area contributed by atoms with Crippen LogP contribution < -0.4 is 10.6 Å². The number of amides is 2. The lowest BCUT2D eigenvalue weighted by atomic mass is 10.1. The minimum absolute atomic E-state index is 0.0239. The Morgan fingerprint density at radius 1 is 0.889 bits per heavy atom. The molecule has 7 nitrogen and oxygen atoms in total. The van der Waals surface area contributed by atoms with Crippen molar-refractivity contribution in [3.8, 4) is 0 Å². The van der Waals surface area contributed by atoms with Gasteiger partial charge in [0.2, 0.25) is 11.8 Å². The van der Waals surface area contributed by atoms with Crippen LogP contribution in [0.15, 0.2) is 54.6 Å². The van der Waals surface area contributed by atoms with Crippen LogP contribution in [0.25, 0.3) is 6.08 Å². The monoisotopic (exact) mass is 368 g/mol. The third-order valence-corrected chi connectivity index (χ3v) is 3.47. The van der Waals surface area contributed by atoms with Crippen molar-refractivity contribution in [3.05, 3.63) is 65.7 Å². The molecule has 140 valence electrons. The van der Waals surface area contributed by atoms with E-state index in [9.17, 15) is 14.4 Å². The van der Waals surface area contributed by atoms with Gasteiger partial charge in [0, 0.05) is 24.6 Å². The van der Waals surface area contributed by atoms with Gasteiger partial charge in [-0.15, -0.1) is 0 Å². The first-order valence-electron chi connectivity index (χ1n) is 8.08. The molecule has 2 amide bonds. The molecule has 7 heteroatoms. The number of methoxy groups -OCH3 is 2. The number of benzene rings is 2. The molecule has 2 N–H and O–H groups in total. The topological polar surface area (TPSA) is 93.7 Å². The lowest BCUT2D eigenvalue weighted by molar-refractivity contribution is -0.119. The van der Waals surface area contributed by atoms with E-state index < -0.39 is 5.97 Å². The average Bonchev–Trinajstić information content (AvgIpc) is 2.68. The minimum atomic E-state index is -0.412. The van der Waals surface area contributed by atoms with Gasteiger partial charge in [-0.05, 0) is 48.0 Å². The molecule has 2 aromatic rings. The number of hydrogen-bond donors (Lipinski definition) is 2. The van der Waals surface area contributed by atoms with E-state index in [0.717, 1.165) is 5.56 Å². The maximum atomic E-state index is 12.0. The van der Waals surface area contributed by atoms with Crippen molar-refractivity contribution >= 4 is 35.2 Å². The molecule has 0 aromatic heterocycles. The Kier molecular flexibility index (Phi) is 7.27. The van der Waals surface area contributed by atoms with E-state index in [2.05, 4.69) is 15.4 Å². The van der Waals surface area contributed by atoms with E-state index in [4.69, 9.17) is 4.74 Å². The molecule has 0 saturated heterocycles. The fourth-order valence-corrected chi connectivity index (χ4v) is 2.17. The van der Waals surface area contributed by atoms with Crippen LogP contribution in [-0.2, 0) is 19.1 Å². The summed E-state index contributed by atoms with van der Waals surface area (Å²) in [5.41, 5.74) is 2.41.